The van der Waals surface area contributed by atoms with Crippen molar-refractivity contribution in [1.82, 2.24) is 0 Å². The van der Waals surface area contributed by atoms with Crippen LogP contribution in [-0.4, -0.2) is 27.0 Å². The highest BCUT2D eigenvalue weighted by Gasteiger charge is 2.02. The zero-order chi connectivity index (χ0) is 11.5. The van der Waals surface area contributed by atoms with Gasteiger partial charge in [0.25, 0.3) is 0 Å². The predicted molar refractivity (Wildman–Crippen MR) is 63.8 cm³/mol. The quantitative estimate of drug-likeness (QED) is 0.755. The molecule has 5 heteroatoms. The third kappa shape index (κ3) is 4.20. The predicted octanol–water partition coefficient (Wildman–Crippen LogP) is 1.03. The Morgan fingerprint density at radius 1 is 1.40 bits per heavy atom. The summed E-state index contributed by atoms with van der Waals surface area (Å²) in [7, 11) is -2.92. The maximum atomic E-state index is 10.9. The summed E-state index contributed by atoms with van der Waals surface area (Å²) in [6, 6.07) is 5.63. The third-order valence-corrected chi connectivity index (χ3v) is 2.94. The number of hydrogen-bond acceptors (Lipinski definition) is 4. The van der Waals surface area contributed by atoms with E-state index < -0.39 is 9.84 Å². The summed E-state index contributed by atoms with van der Waals surface area (Å²) in [5.41, 5.74) is 8.27. The lowest BCUT2D eigenvalue weighted by atomic mass is 10.2. The fourth-order valence-corrected chi connectivity index (χ4v) is 1.69. The van der Waals surface area contributed by atoms with Crippen LogP contribution in [0.1, 0.15) is 5.56 Å². The summed E-state index contributed by atoms with van der Waals surface area (Å²) in [4.78, 5) is 0. The molecule has 0 saturated heterocycles. The minimum Gasteiger partial charge on any atom is -0.397 e. The highest BCUT2D eigenvalue weighted by molar-refractivity contribution is 7.90. The van der Waals surface area contributed by atoms with Gasteiger partial charge in [0.2, 0.25) is 0 Å². The van der Waals surface area contributed by atoms with Gasteiger partial charge in [-0.15, -0.1) is 0 Å². The highest BCUT2D eigenvalue weighted by atomic mass is 32.2. The molecule has 0 heterocycles. The minimum atomic E-state index is -2.92. The van der Waals surface area contributed by atoms with E-state index in [4.69, 9.17) is 5.73 Å². The van der Waals surface area contributed by atoms with Crippen molar-refractivity contribution in [2.24, 2.45) is 0 Å². The maximum absolute atomic E-state index is 10.9. The molecule has 84 valence electrons. The number of benzene rings is 1. The van der Waals surface area contributed by atoms with E-state index in [1.54, 1.807) is 0 Å². The fraction of sp³-hybridized carbons (Fsp3) is 0.400. The van der Waals surface area contributed by atoms with Gasteiger partial charge in [-0.25, -0.2) is 8.42 Å². The minimum absolute atomic E-state index is 0.111. The van der Waals surface area contributed by atoms with Gasteiger partial charge in [-0.1, -0.05) is 6.07 Å². The molecule has 0 bridgehead atoms. The Hall–Kier alpha value is -1.23. The first-order valence-electron chi connectivity index (χ1n) is 4.66. The summed E-state index contributed by atoms with van der Waals surface area (Å²) >= 11 is 0. The molecule has 0 fully saturated rings. The molecule has 0 atom stereocenters. The monoisotopic (exact) mass is 228 g/mol. The van der Waals surface area contributed by atoms with Gasteiger partial charge in [-0.3, -0.25) is 0 Å². The van der Waals surface area contributed by atoms with Crippen molar-refractivity contribution in [1.29, 1.82) is 0 Å². The molecule has 0 spiro atoms. The summed E-state index contributed by atoms with van der Waals surface area (Å²) in [5.74, 6) is 0.111. The molecule has 0 unspecified atom stereocenters. The first-order valence-corrected chi connectivity index (χ1v) is 6.72. The number of aryl methyl sites for hydroxylation is 1. The number of rotatable bonds is 4. The molecular formula is C10H16N2O2S. The van der Waals surface area contributed by atoms with Crippen LogP contribution >= 0.6 is 0 Å². The van der Waals surface area contributed by atoms with Crippen LogP contribution in [0.2, 0.25) is 0 Å². The zero-order valence-electron chi connectivity index (χ0n) is 8.95. The van der Waals surface area contributed by atoms with Crippen molar-refractivity contribution >= 4 is 21.2 Å². The molecule has 1 aromatic carbocycles. The Labute approximate surface area is 90.4 Å². The van der Waals surface area contributed by atoms with E-state index in [0.29, 0.717) is 12.2 Å². The molecule has 15 heavy (non-hydrogen) atoms. The summed E-state index contributed by atoms with van der Waals surface area (Å²) in [6.45, 7) is 2.34. The molecule has 0 amide bonds. The molecule has 3 N–H and O–H groups in total. The summed E-state index contributed by atoms with van der Waals surface area (Å²) in [5, 5.41) is 2.99. The first-order chi connectivity index (χ1) is 6.88. The van der Waals surface area contributed by atoms with E-state index in [-0.39, 0.29) is 5.75 Å². The van der Waals surface area contributed by atoms with Crippen molar-refractivity contribution in [2.45, 2.75) is 6.92 Å². The van der Waals surface area contributed by atoms with Gasteiger partial charge in [0.15, 0.2) is 0 Å². The average Bonchev–Trinajstić information content (AvgIpc) is 2.07. The van der Waals surface area contributed by atoms with E-state index in [9.17, 15) is 8.42 Å². The molecule has 0 aliphatic heterocycles. The molecule has 0 aliphatic rings. The topological polar surface area (TPSA) is 72.2 Å². The first kappa shape index (κ1) is 11.8. The van der Waals surface area contributed by atoms with E-state index in [0.717, 1.165) is 11.3 Å². The number of nitrogen functional groups attached to an aromatic ring is 1. The largest absolute Gasteiger partial charge is 0.397 e. The van der Waals surface area contributed by atoms with Gasteiger partial charge in [-0.2, -0.15) is 0 Å². The van der Waals surface area contributed by atoms with Crippen LogP contribution in [0.25, 0.3) is 0 Å². The Balaban J connectivity index is 2.59. The van der Waals surface area contributed by atoms with Crippen LogP contribution in [-0.2, 0) is 9.84 Å². The molecule has 1 rings (SSSR count). The van der Waals surface area contributed by atoms with Crippen LogP contribution in [0.5, 0.6) is 0 Å². The molecule has 4 nitrogen and oxygen atoms in total. The number of nitrogens with two attached hydrogens (primary N) is 1. The Kier molecular flexibility index (Phi) is 3.57. The molecule has 0 aromatic heterocycles. The standard InChI is InChI=1S/C10H16N2O2S/c1-8-3-4-10(9(11)7-8)12-5-6-15(2,13)14/h3-4,7,12H,5-6,11H2,1-2H3. The number of hydrogen-bond donors (Lipinski definition) is 2. The van der Waals surface area contributed by atoms with Crippen LogP contribution in [0.3, 0.4) is 0 Å². The molecule has 0 saturated carbocycles. The SMILES string of the molecule is Cc1ccc(NCCS(C)(=O)=O)c(N)c1. The average molecular weight is 228 g/mol. The summed E-state index contributed by atoms with van der Waals surface area (Å²) < 4.78 is 21.8. The van der Waals surface area contributed by atoms with Gasteiger partial charge in [0.1, 0.15) is 9.84 Å². The Bertz CT molecular complexity index is 441. The van der Waals surface area contributed by atoms with Crippen LogP contribution in [0.4, 0.5) is 11.4 Å². The van der Waals surface area contributed by atoms with Crippen molar-refractivity contribution in [2.75, 3.05) is 29.6 Å². The number of anilines is 2. The lowest BCUT2D eigenvalue weighted by molar-refractivity contribution is 0.602. The highest BCUT2D eigenvalue weighted by Crippen LogP contribution is 2.18. The van der Waals surface area contributed by atoms with Crippen LogP contribution in [0.15, 0.2) is 18.2 Å². The molecule has 0 aliphatic carbocycles. The van der Waals surface area contributed by atoms with Crippen molar-refractivity contribution in [3.8, 4) is 0 Å². The molecule has 0 radical (unpaired) electrons. The maximum Gasteiger partial charge on any atom is 0.149 e. The normalized spacial score (nSPS) is 11.3. The van der Waals surface area contributed by atoms with E-state index in [2.05, 4.69) is 5.32 Å². The lowest BCUT2D eigenvalue weighted by Crippen LogP contribution is -2.14. The van der Waals surface area contributed by atoms with Gasteiger partial charge in [0.05, 0.1) is 17.1 Å². The van der Waals surface area contributed by atoms with Crippen molar-refractivity contribution < 1.29 is 8.42 Å². The van der Waals surface area contributed by atoms with E-state index in [1.165, 1.54) is 6.26 Å². The van der Waals surface area contributed by atoms with Gasteiger partial charge < -0.3 is 11.1 Å². The van der Waals surface area contributed by atoms with Gasteiger partial charge >= 0.3 is 0 Å². The van der Waals surface area contributed by atoms with Crippen molar-refractivity contribution in [3.63, 3.8) is 0 Å². The van der Waals surface area contributed by atoms with Crippen LogP contribution < -0.4 is 11.1 Å². The fourth-order valence-electron chi connectivity index (χ4n) is 1.21. The Morgan fingerprint density at radius 3 is 2.60 bits per heavy atom. The molecular weight excluding hydrogens is 212 g/mol. The third-order valence-electron chi connectivity index (χ3n) is 2.00. The smallest absolute Gasteiger partial charge is 0.149 e. The van der Waals surface area contributed by atoms with E-state index >= 15 is 0 Å². The lowest BCUT2D eigenvalue weighted by Gasteiger charge is -2.09. The second-order valence-electron chi connectivity index (χ2n) is 3.65. The van der Waals surface area contributed by atoms with Gasteiger partial charge in [0, 0.05) is 12.8 Å². The number of sulfone groups is 1. The zero-order valence-corrected chi connectivity index (χ0v) is 9.76. The Morgan fingerprint density at radius 2 is 2.07 bits per heavy atom. The van der Waals surface area contributed by atoms with Crippen molar-refractivity contribution in [3.05, 3.63) is 23.8 Å². The van der Waals surface area contributed by atoms with Gasteiger partial charge in [-0.05, 0) is 24.6 Å². The second kappa shape index (κ2) is 4.53. The number of nitrogens with one attached hydrogen (secondary N) is 1. The van der Waals surface area contributed by atoms with E-state index in [1.807, 2.05) is 25.1 Å². The molecule has 1 aromatic rings. The van der Waals surface area contributed by atoms with Crippen LogP contribution in [0, 0.1) is 6.92 Å². The second-order valence-corrected chi connectivity index (χ2v) is 5.91. The summed E-state index contributed by atoms with van der Waals surface area (Å²) in [6.07, 6.45) is 1.22.